The second-order valence-corrected chi connectivity index (χ2v) is 5.40. The van der Waals surface area contributed by atoms with Crippen LogP contribution < -0.4 is 5.32 Å². The fourth-order valence-electron chi connectivity index (χ4n) is 3.00. The van der Waals surface area contributed by atoms with Gasteiger partial charge in [0.25, 0.3) is 0 Å². The predicted molar refractivity (Wildman–Crippen MR) is 65.9 cm³/mol. The van der Waals surface area contributed by atoms with Crippen LogP contribution in [0.25, 0.3) is 0 Å². The Morgan fingerprint density at radius 3 is 2.35 bits per heavy atom. The summed E-state index contributed by atoms with van der Waals surface area (Å²) in [6, 6.07) is 0.589. The average Bonchev–Trinajstić information content (AvgIpc) is 2.60. The monoisotopic (exact) mass is 235 g/mol. The van der Waals surface area contributed by atoms with E-state index in [-0.39, 0.29) is 0 Å². The van der Waals surface area contributed by atoms with Crippen molar-refractivity contribution in [2.75, 3.05) is 11.9 Å². The van der Waals surface area contributed by atoms with Crippen molar-refractivity contribution in [1.29, 1.82) is 0 Å². The van der Waals surface area contributed by atoms with Crippen molar-refractivity contribution < 1.29 is 4.52 Å². The van der Waals surface area contributed by atoms with E-state index < -0.39 is 0 Å². The first-order valence-electron chi connectivity index (χ1n) is 6.96. The van der Waals surface area contributed by atoms with Gasteiger partial charge >= 0.3 is 6.01 Å². The third kappa shape index (κ3) is 2.05. The van der Waals surface area contributed by atoms with Crippen LogP contribution in [-0.2, 0) is 0 Å². The molecule has 4 nitrogen and oxygen atoms in total. The summed E-state index contributed by atoms with van der Waals surface area (Å²) in [5.74, 6) is 3.14. The summed E-state index contributed by atoms with van der Waals surface area (Å²) in [4.78, 5) is 4.52. The number of hydrogen-bond acceptors (Lipinski definition) is 4. The van der Waals surface area contributed by atoms with E-state index in [9.17, 15) is 0 Å². The average molecular weight is 235 g/mol. The smallest absolute Gasteiger partial charge is 0.321 e. The van der Waals surface area contributed by atoms with E-state index in [1.54, 1.807) is 0 Å². The first-order valence-corrected chi connectivity index (χ1v) is 6.96. The highest BCUT2D eigenvalue weighted by molar-refractivity contribution is 5.19. The number of nitrogens with one attached hydrogen (secondary N) is 1. The zero-order valence-corrected chi connectivity index (χ0v) is 10.5. The lowest BCUT2D eigenvalue weighted by atomic mass is 9.64. The van der Waals surface area contributed by atoms with E-state index in [4.69, 9.17) is 4.52 Å². The van der Waals surface area contributed by atoms with Crippen molar-refractivity contribution in [2.45, 2.75) is 51.4 Å². The van der Waals surface area contributed by atoms with Gasteiger partial charge in [-0.05, 0) is 44.4 Å². The van der Waals surface area contributed by atoms with Gasteiger partial charge in [-0.25, -0.2) is 0 Å². The van der Waals surface area contributed by atoms with Crippen LogP contribution in [0.2, 0.25) is 0 Å². The Kier molecular flexibility index (Phi) is 3.04. The first kappa shape index (κ1) is 11.1. The third-order valence-corrected chi connectivity index (χ3v) is 4.38. The molecular formula is C13H21N3O. The third-order valence-electron chi connectivity index (χ3n) is 4.38. The number of anilines is 1. The molecule has 3 rings (SSSR count). The van der Waals surface area contributed by atoms with Crippen molar-refractivity contribution in [3.63, 3.8) is 0 Å². The van der Waals surface area contributed by atoms with Crippen molar-refractivity contribution in [1.82, 2.24) is 10.1 Å². The Labute approximate surface area is 102 Å². The van der Waals surface area contributed by atoms with Crippen LogP contribution in [0.15, 0.2) is 4.52 Å². The first-order chi connectivity index (χ1) is 8.38. The quantitative estimate of drug-likeness (QED) is 0.851. The molecule has 0 aliphatic heterocycles. The summed E-state index contributed by atoms with van der Waals surface area (Å²) in [6.45, 7) is 2.87. The standard InChI is InChI=1S/C13H21N3O/c1-2-14-13-15-12(16-17-13)11(9-5-3-6-9)10-7-4-8-10/h9-11H,2-8H2,1H3,(H,14,15,16). The van der Waals surface area contributed by atoms with Gasteiger partial charge in [0.2, 0.25) is 0 Å². The van der Waals surface area contributed by atoms with Crippen LogP contribution in [0.1, 0.15) is 57.2 Å². The summed E-state index contributed by atoms with van der Waals surface area (Å²) in [5, 5.41) is 7.28. The largest absolute Gasteiger partial charge is 0.338 e. The molecule has 2 fully saturated rings. The van der Waals surface area contributed by atoms with Crippen LogP contribution in [0.4, 0.5) is 6.01 Å². The zero-order chi connectivity index (χ0) is 11.7. The maximum atomic E-state index is 5.25. The summed E-state index contributed by atoms with van der Waals surface area (Å²) in [5.41, 5.74) is 0. The van der Waals surface area contributed by atoms with E-state index in [2.05, 4.69) is 15.5 Å². The van der Waals surface area contributed by atoms with Gasteiger partial charge in [0.05, 0.1) is 0 Å². The Bertz CT molecular complexity index is 354. The number of aromatic nitrogens is 2. The van der Waals surface area contributed by atoms with Gasteiger partial charge in [0.15, 0.2) is 5.82 Å². The Hall–Kier alpha value is -1.06. The van der Waals surface area contributed by atoms with Gasteiger partial charge in [-0.2, -0.15) is 4.98 Å². The Morgan fingerprint density at radius 1 is 1.24 bits per heavy atom. The Balaban J connectivity index is 1.75. The Morgan fingerprint density at radius 2 is 1.88 bits per heavy atom. The van der Waals surface area contributed by atoms with Crippen LogP contribution in [0.3, 0.4) is 0 Å². The summed E-state index contributed by atoms with van der Waals surface area (Å²) < 4.78 is 5.25. The summed E-state index contributed by atoms with van der Waals surface area (Å²) >= 11 is 0. The van der Waals surface area contributed by atoms with Crippen LogP contribution in [0.5, 0.6) is 0 Å². The lowest BCUT2D eigenvalue weighted by Crippen LogP contribution is -2.31. The molecular weight excluding hydrogens is 214 g/mol. The second-order valence-electron chi connectivity index (χ2n) is 5.40. The van der Waals surface area contributed by atoms with Crippen LogP contribution >= 0.6 is 0 Å². The van der Waals surface area contributed by atoms with E-state index in [0.717, 1.165) is 24.2 Å². The molecule has 2 aliphatic carbocycles. The number of rotatable bonds is 5. The van der Waals surface area contributed by atoms with Gasteiger partial charge in [0, 0.05) is 12.5 Å². The molecule has 1 N–H and O–H groups in total. The van der Waals surface area contributed by atoms with Crippen LogP contribution in [-0.4, -0.2) is 16.7 Å². The van der Waals surface area contributed by atoms with E-state index >= 15 is 0 Å². The molecule has 0 unspecified atom stereocenters. The van der Waals surface area contributed by atoms with Gasteiger partial charge in [-0.1, -0.05) is 18.0 Å². The molecule has 0 spiro atoms. The molecule has 0 saturated heterocycles. The molecule has 1 aromatic heterocycles. The second kappa shape index (κ2) is 4.67. The molecule has 0 atom stereocenters. The van der Waals surface area contributed by atoms with Crippen molar-refractivity contribution >= 4 is 6.01 Å². The minimum absolute atomic E-state index is 0.564. The van der Waals surface area contributed by atoms with Crippen molar-refractivity contribution in [3.8, 4) is 0 Å². The molecule has 17 heavy (non-hydrogen) atoms. The topological polar surface area (TPSA) is 51.0 Å². The highest BCUT2D eigenvalue weighted by atomic mass is 16.5. The SMILES string of the molecule is CCNc1nc(C(C2CCC2)C2CCC2)no1. The molecule has 1 heterocycles. The highest BCUT2D eigenvalue weighted by Gasteiger charge is 2.39. The van der Waals surface area contributed by atoms with Gasteiger partial charge in [-0.3, -0.25) is 0 Å². The van der Waals surface area contributed by atoms with Crippen molar-refractivity contribution in [3.05, 3.63) is 5.82 Å². The molecule has 0 aromatic carbocycles. The van der Waals surface area contributed by atoms with Crippen molar-refractivity contribution in [2.24, 2.45) is 11.8 Å². The molecule has 4 heteroatoms. The maximum absolute atomic E-state index is 5.25. The lowest BCUT2D eigenvalue weighted by molar-refractivity contribution is 0.141. The molecule has 0 radical (unpaired) electrons. The predicted octanol–water partition coefficient (Wildman–Crippen LogP) is 3.19. The molecule has 2 aliphatic rings. The van der Waals surface area contributed by atoms with Crippen LogP contribution in [0, 0.1) is 11.8 Å². The number of hydrogen-bond donors (Lipinski definition) is 1. The molecule has 0 amide bonds. The number of nitrogens with zero attached hydrogens (tertiary/aromatic N) is 2. The molecule has 94 valence electrons. The highest BCUT2D eigenvalue weighted by Crippen LogP contribution is 2.49. The van der Waals surface area contributed by atoms with E-state index in [1.807, 2.05) is 6.92 Å². The van der Waals surface area contributed by atoms with Gasteiger partial charge in [0.1, 0.15) is 0 Å². The van der Waals surface area contributed by atoms with E-state index in [0.29, 0.717) is 11.9 Å². The zero-order valence-electron chi connectivity index (χ0n) is 10.5. The minimum Gasteiger partial charge on any atom is -0.338 e. The van der Waals surface area contributed by atoms with E-state index in [1.165, 1.54) is 38.5 Å². The summed E-state index contributed by atoms with van der Waals surface area (Å²) in [7, 11) is 0. The van der Waals surface area contributed by atoms with Gasteiger partial charge in [-0.15, -0.1) is 0 Å². The molecule has 0 bridgehead atoms. The van der Waals surface area contributed by atoms with Gasteiger partial charge < -0.3 is 9.84 Å². The minimum atomic E-state index is 0.564. The molecule has 1 aromatic rings. The normalized spacial score (nSPS) is 21.3. The maximum Gasteiger partial charge on any atom is 0.321 e. The summed E-state index contributed by atoms with van der Waals surface area (Å²) in [6.07, 6.45) is 8.18. The fourth-order valence-corrected chi connectivity index (χ4v) is 3.00. The lowest BCUT2D eigenvalue weighted by Gasteiger charge is -2.40. The fraction of sp³-hybridized carbons (Fsp3) is 0.846. The molecule has 2 saturated carbocycles.